The van der Waals surface area contributed by atoms with Crippen LogP contribution in [0.15, 0.2) is 48.6 Å². The number of allylic oxidation sites excluding steroid dienone is 8. The smallest absolute Gasteiger partial charge is 0.306 e. The molecule has 280 valence electrons. The molecule has 0 radical (unpaired) electrons. The van der Waals surface area contributed by atoms with Gasteiger partial charge in [-0.2, -0.15) is 0 Å². The Hall–Kier alpha value is -1.65. The molecule has 0 saturated carbocycles. The molecule has 0 rings (SSSR count). The minimum Gasteiger partial charge on any atom is -0.457 e. The first kappa shape index (κ1) is 46.4. The Morgan fingerprint density at radius 1 is 0.521 bits per heavy atom. The number of ether oxygens (including phenoxy) is 2. The summed E-state index contributed by atoms with van der Waals surface area (Å²) < 4.78 is 11.1. The van der Waals surface area contributed by atoms with E-state index in [0.29, 0.717) is 19.6 Å². The van der Waals surface area contributed by atoms with Crippen LogP contribution in [0, 0.1) is 0 Å². The van der Waals surface area contributed by atoms with Crippen LogP contribution in [0.3, 0.4) is 0 Å². The maximum atomic E-state index is 12.2. The van der Waals surface area contributed by atoms with Crippen molar-refractivity contribution >= 4 is 5.97 Å². The van der Waals surface area contributed by atoms with Crippen LogP contribution in [0.4, 0.5) is 0 Å². The summed E-state index contributed by atoms with van der Waals surface area (Å²) in [6, 6.07) is 0. The fourth-order valence-electron chi connectivity index (χ4n) is 5.85. The molecule has 0 aliphatic rings. The van der Waals surface area contributed by atoms with E-state index in [1.54, 1.807) is 0 Å². The summed E-state index contributed by atoms with van der Waals surface area (Å²) >= 11 is 0. The van der Waals surface area contributed by atoms with Crippen LogP contribution in [0.2, 0.25) is 0 Å². The first-order valence-corrected chi connectivity index (χ1v) is 20.7. The van der Waals surface area contributed by atoms with Crippen molar-refractivity contribution in [2.45, 2.75) is 206 Å². The van der Waals surface area contributed by atoms with Gasteiger partial charge in [0.05, 0.1) is 13.2 Å². The standard InChI is InChI=1S/C44H80O4/c1-3-5-7-9-11-13-15-17-18-19-20-21-22-23-24-25-26-27-29-31-33-35-37-39-44(46)48-43(41-45)42-47-40-38-36-34-32-30-28-16-14-12-10-8-6-4-2/h5,7,11,13,17-18,20-21,43,45H,3-4,6,8-10,12,14-16,19,22-42H2,1-2H3/b7-5-,13-11-,18-17-,21-20-. The van der Waals surface area contributed by atoms with Gasteiger partial charge in [0, 0.05) is 13.0 Å². The number of aliphatic hydroxyl groups excluding tert-OH is 1. The van der Waals surface area contributed by atoms with Gasteiger partial charge in [0.25, 0.3) is 0 Å². The van der Waals surface area contributed by atoms with E-state index in [-0.39, 0.29) is 12.6 Å². The van der Waals surface area contributed by atoms with E-state index in [2.05, 4.69) is 62.5 Å². The zero-order valence-corrected chi connectivity index (χ0v) is 32.0. The van der Waals surface area contributed by atoms with E-state index in [4.69, 9.17) is 9.47 Å². The molecule has 0 amide bonds. The van der Waals surface area contributed by atoms with E-state index in [1.807, 2.05) is 0 Å². The van der Waals surface area contributed by atoms with Crippen LogP contribution in [-0.4, -0.2) is 37.0 Å². The van der Waals surface area contributed by atoms with Gasteiger partial charge in [-0.15, -0.1) is 0 Å². The van der Waals surface area contributed by atoms with E-state index in [0.717, 1.165) is 44.9 Å². The highest BCUT2D eigenvalue weighted by atomic mass is 16.6. The van der Waals surface area contributed by atoms with Crippen molar-refractivity contribution in [2.24, 2.45) is 0 Å². The molecule has 0 heterocycles. The van der Waals surface area contributed by atoms with Crippen molar-refractivity contribution in [3.05, 3.63) is 48.6 Å². The van der Waals surface area contributed by atoms with E-state index < -0.39 is 6.10 Å². The summed E-state index contributed by atoms with van der Waals surface area (Å²) in [5.41, 5.74) is 0. The van der Waals surface area contributed by atoms with Gasteiger partial charge in [0.2, 0.25) is 0 Å². The second-order valence-corrected chi connectivity index (χ2v) is 13.7. The molecule has 1 unspecified atom stereocenters. The third-order valence-electron chi connectivity index (χ3n) is 8.92. The molecule has 0 aromatic heterocycles. The van der Waals surface area contributed by atoms with Crippen LogP contribution < -0.4 is 0 Å². The van der Waals surface area contributed by atoms with Crippen LogP contribution >= 0.6 is 0 Å². The van der Waals surface area contributed by atoms with Crippen LogP contribution in [0.1, 0.15) is 200 Å². The Kier molecular flexibility index (Phi) is 40.1. The predicted octanol–water partition coefficient (Wildman–Crippen LogP) is 13.5. The highest BCUT2D eigenvalue weighted by Crippen LogP contribution is 2.14. The fourth-order valence-corrected chi connectivity index (χ4v) is 5.85. The van der Waals surface area contributed by atoms with Crippen LogP contribution in [0.5, 0.6) is 0 Å². The number of hydrogen-bond acceptors (Lipinski definition) is 4. The summed E-state index contributed by atoms with van der Waals surface area (Å²) in [6.45, 7) is 5.25. The van der Waals surface area contributed by atoms with Gasteiger partial charge in [-0.1, -0.05) is 191 Å². The number of esters is 1. The summed E-state index contributed by atoms with van der Waals surface area (Å²) in [4.78, 5) is 12.2. The Bertz CT molecular complexity index is 753. The molecule has 0 saturated heterocycles. The zero-order chi connectivity index (χ0) is 34.9. The second-order valence-electron chi connectivity index (χ2n) is 13.7. The maximum absolute atomic E-state index is 12.2. The number of aliphatic hydroxyl groups is 1. The van der Waals surface area contributed by atoms with Crippen molar-refractivity contribution < 1.29 is 19.4 Å². The van der Waals surface area contributed by atoms with E-state index in [1.165, 1.54) is 135 Å². The normalized spacial score (nSPS) is 12.8. The molecule has 4 heteroatoms. The van der Waals surface area contributed by atoms with Crippen LogP contribution in [-0.2, 0) is 14.3 Å². The highest BCUT2D eigenvalue weighted by Gasteiger charge is 2.13. The maximum Gasteiger partial charge on any atom is 0.306 e. The third kappa shape index (κ3) is 38.8. The topological polar surface area (TPSA) is 55.8 Å². The molecular weight excluding hydrogens is 592 g/mol. The van der Waals surface area contributed by atoms with Crippen molar-refractivity contribution in [3.8, 4) is 0 Å². The minimum atomic E-state index is -0.534. The Balaban J connectivity index is 3.44. The molecule has 1 N–H and O–H groups in total. The average molecular weight is 673 g/mol. The number of unbranched alkanes of at least 4 members (excludes halogenated alkanes) is 22. The molecule has 0 aliphatic heterocycles. The zero-order valence-electron chi connectivity index (χ0n) is 32.0. The first-order chi connectivity index (χ1) is 23.7. The number of rotatable bonds is 38. The quantitative estimate of drug-likeness (QED) is 0.0403. The minimum absolute atomic E-state index is 0.172. The second kappa shape index (κ2) is 41.5. The first-order valence-electron chi connectivity index (χ1n) is 20.7. The highest BCUT2D eigenvalue weighted by molar-refractivity contribution is 5.69. The SMILES string of the molecule is CC/C=C\C/C=C\C/C=C\C/C=C\CCCCCCCCCCCCC(=O)OC(CO)COCCCCCCCCCCCCCCC. The lowest BCUT2D eigenvalue weighted by Gasteiger charge is -2.16. The van der Waals surface area contributed by atoms with Crippen molar-refractivity contribution in [1.29, 1.82) is 0 Å². The summed E-state index contributed by atoms with van der Waals surface area (Å²) in [7, 11) is 0. The Morgan fingerprint density at radius 2 is 0.938 bits per heavy atom. The molecule has 0 bridgehead atoms. The van der Waals surface area contributed by atoms with Crippen molar-refractivity contribution in [3.63, 3.8) is 0 Å². The molecule has 0 aromatic carbocycles. The van der Waals surface area contributed by atoms with Crippen LogP contribution in [0.25, 0.3) is 0 Å². The lowest BCUT2D eigenvalue weighted by molar-refractivity contribution is -0.154. The average Bonchev–Trinajstić information content (AvgIpc) is 3.09. The summed E-state index contributed by atoms with van der Waals surface area (Å²) in [5.74, 6) is -0.205. The Labute approximate surface area is 299 Å². The molecule has 0 spiro atoms. The molecule has 4 nitrogen and oxygen atoms in total. The van der Waals surface area contributed by atoms with Gasteiger partial charge < -0.3 is 14.6 Å². The summed E-state index contributed by atoms with van der Waals surface area (Å²) in [5, 5.41) is 9.58. The van der Waals surface area contributed by atoms with Crippen molar-refractivity contribution in [1.82, 2.24) is 0 Å². The Morgan fingerprint density at radius 3 is 1.42 bits per heavy atom. The molecular formula is C44H80O4. The molecule has 0 fully saturated rings. The van der Waals surface area contributed by atoms with Gasteiger partial charge in [-0.3, -0.25) is 4.79 Å². The van der Waals surface area contributed by atoms with Gasteiger partial charge >= 0.3 is 5.97 Å². The van der Waals surface area contributed by atoms with Gasteiger partial charge in [0.1, 0.15) is 6.10 Å². The number of carbonyl (C=O) groups is 1. The van der Waals surface area contributed by atoms with Crippen molar-refractivity contribution in [2.75, 3.05) is 19.8 Å². The van der Waals surface area contributed by atoms with Gasteiger partial charge in [-0.05, 0) is 51.4 Å². The lowest BCUT2D eigenvalue weighted by Crippen LogP contribution is -2.27. The van der Waals surface area contributed by atoms with Gasteiger partial charge in [-0.25, -0.2) is 0 Å². The van der Waals surface area contributed by atoms with E-state index in [9.17, 15) is 9.90 Å². The summed E-state index contributed by atoms with van der Waals surface area (Å²) in [6.07, 6.45) is 53.0. The predicted molar refractivity (Wildman–Crippen MR) is 210 cm³/mol. The van der Waals surface area contributed by atoms with Gasteiger partial charge in [0.15, 0.2) is 0 Å². The molecule has 0 aromatic rings. The largest absolute Gasteiger partial charge is 0.457 e. The monoisotopic (exact) mass is 673 g/mol. The molecule has 48 heavy (non-hydrogen) atoms. The molecule has 0 aliphatic carbocycles. The fraction of sp³-hybridized carbons (Fsp3) is 0.795. The lowest BCUT2D eigenvalue weighted by atomic mass is 10.0. The third-order valence-corrected chi connectivity index (χ3v) is 8.92. The number of carbonyl (C=O) groups excluding carboxylic acids is 1. The number of hydrogen-bond donors (Lipinski definition) is 1. The van der Waals surface area contributed by atoms with E-state index >= 15 is 0 Å². The molecule has 1 atom stereocenters.